The Labute approximate surface area is 115 Å². The lowest BCUT2D eigenvalue weighted by Gasteiger charge is -2.39. The van der Waals surface area contributed by atoms with E-state index in [1.807, 2.05) is 19.1 Å². The summed E-state index contributed by atoms with van der Waals surface area (Å²) < 4.78 is 11.2. The largest absolute Gasteiger partial charge is 0.390 e. The van der Waals surface area contributed by atoms with Crippen LogP contribution < -0.4 is 0 Å². The molecule has 1 heterocycles. The summed E-state index contributed by atoms with van der Waals surface area (Å²) >= 11 is 0. The summed E-state index contributed by atoms with van der Waals surface area (Å²) in [5.41, 5.74) is 2.12. The van der Waals surface area contributed by atoms with Crippen molar-refractivity contribution < 1.29 is 14.6 Å². The zero-order valence-electron chi connectivity index (χ0n) is 12.1. The molecular formula is C16H24O3. The van der Waals surface area contributed by atoms with Crippen LogP contribution in [0, 0.1) is 5.92 Å². The molecule has 1 spiro atoms. The van der Waals surface area contributed by atoms with Crippen LogP contribution in [0.15, 0.2) is 36.0 Å². The van der Waals surface area contributed by atoms with Gasteiger partial charge in [-0.1, -0.05) is 36.0 Å². The molecule has 4 atom stereocenters. The minimum Gasteiger partial charge on any atom is -0.390 e. The highest BCUT2D eigenvalue weighted by atomic mass is 16.6. The molecule has 0 aromatic carbocycles. The SMILES string of the molecule is C=C(C)C=CC=C(C)C1C(OC)C(O)CCC12CO2. The van der Waals surface area contributed by atoms with Crippen LogP contribution in [0.5, 0.6) is 0 Å². The second kappa shape index (κ2) is 5.61. The molecule has 106 valence electrons. The van der Waals surface area contributed by atoms with Crippen LogP contribution in [0.2, 0.25) is 0 Å². The number of hydrogen-bond donors (Lipinski definition) is 1. The van der Waals surface area contributed by atoms with Gasteiger partial charge in [0.1, 0.15) is 5.60 Å². The van der Waals surface area contributed by atoms with E-state index in [1.54, 1.807) is 7.11 Å². The normalized spacial score (nSPS) is 38.9. The van der Waals surface area contributed by atoms with Gasteiger partial charge in [0.05, 0.1) is 18.8 Å². The van der Waals surface area contributed by atoms with Gasteiger partial charge in [0.15, 0.2) is 0 Å². The molecule has 1 aliphatic carbocycles. The van der Waals surface area contributed by atoms with Gasteiger partial charge in [-0.3, -0.25) is 0 Å². The van der Waals surface area contributed by atoms with Gasteiger partial charge in [0.2, 0.25) is 0 Å². The molecule has 0 bridgehead atoms. The van der Waals surface area contributed by atoms with Gasteiger partial charge in [-0.2, -0.15) is 0 Å². The summed E-state index contributed by atoms with van der Waals surface area (Å²) in [6.07, 6.45) is 7.14. The van der Waals surface area contributed by atoms with E-state index >= 15 is 0 Å². The van der Waals surface area contributed by atoms with Crippen molar-refractivity contribution in [3.05, 3.63) is 36.0 Å². The number of ether oxygens (including phenoxy) is 2. The van der Waals surface area contributed by atoms with Gasteiger partial charge in [-0.25, -0.2) is 0 Å². The van der Waals surface area contributed by atoms with Crippen LogP contribution in [0.3, 0.4) is 0 Å². The Balaban J connectivity index is 2.20. The third-order valence-electron chi connectivity index (χ3n) is 4.16. The number of allylic oxidation sites excluding steroid dienone is 4. The predicted molar refractivity (Wildman–Crippen MR) is 75.9 cm³/mol. The molecule has 0 radical (unpaired) electrons. The van der Waals surface area contributed by atoms with E-state index in [4.69, 9.17) is 9.47 Å². The average Bonchev–Trinajstić information content (AvgIpc) is 3.12. The van der Waals surface area contributed by atoms with Crippen molar-refractivity contribution in [1.29, 1.82) is 0 Å². The molecule has 0 aromatic rings. The minimum atomic E-state index is -0.404. The summed E-state index contributed by atoms with van der Waals surface area (Å²) in [6, 6.07) is 0. The fourth-order valence-corrected chi connectivity index (χ4v) is 3.09. The smallest absolute Gasteiger partial charge is 0.101 e. The number of rotatable bonds is 4. The second-order valence-corrected chi connectivity index (χ2v) is 5.75. The van der Waals surface area contributed by atoms with E-state index < -0.39 is 6.10 Å². The van der Waals surface area contributed by atoms with Gasteiger partial charge in [0, 0.05) is 13.0 Å². The van der Waals surface area contributed by atoms with Crippen LogP contribution >= 0.6 is 0 Å². The summed E-state index contributed by atoms with van der Waals surface area (Å²) in [5.74, 6) is 0.135. The lowest BCUT2D eigenvalue weighted by molar-refractivity contribution is -0.0849. The van der Waals surface area contributed by atoms with E-state index in [9.17, 15) is 5.11 Å². The van der Waals surface area contributed by atoms with Gasteiger partial charge in [-0.15, -0.1) is 0 Å². The van der Waals surface area contributed by atoms with Crippen molar-refractivity contribution >= 4 is 0 Å². The van der Waals surface area contributed by atoms with Crippen LogP contribution in [0.1, 0.15) is 26.7 Å². The molecule has 0 amide bonds. The maximum Gasteiger partial charge on any atom is 0.101 e. The molecule has 3 nitrogen and oxygen atoms in total. The first-order valence-corrected chi connectivity index (χ1v) is 6.85. The zero-order chi connectivity index (χ0) is 14.0. The maximum atomic E-state index is 10.1. The van der Waals surface area contributed by atoms with Crippen molar-refractivity contribution in [3.63, 3.8) is 0 Å². The molecule has 3 heteroatoms. The van der Waals surface area contributed by atoms with Gasteiger partial charge in [0.25, 0.3) is 0 Å². The van der Waals surface area contributed by atoms with Crippen LogP contribution in [0.25, 0.3) is 0 Å². The average molecular weight is 264 g/mol. The maximum absolute atomic E-state index is 10.1. The third-order valence-corrected chi connectivity index (χ3v) is 4.16. The Morgan fingerprint density at radius 1 is 1.47 bits per heavy atom. The lowest BCUT2D eigenvalue weighted by Crippen LogP contribution is -2.48. The van der Waals surface area contributed by atoms with E-state index in [2.05, 4.69) is 19.6 Å². The fourth-order valence-electron chi connectivity index (χ4n) is 3.09. The lowest BCUT2D eigenvalue weighted by atomic mass is 9.72. The highest BCUT2D eigenvalue weighted by molar-refractivity contribution is 5.26. The van der Waals surface area contributed by atoms with Crippen LogP contribution in [-0.4, -0.2) is 36.6 Å². The van der Waals surface area contributed by atoms with Gasteiger partial charge in [-0.05, 0) is 26.7 Å². The Hall–Kier alpha value is -0.900. The number of aliphatic hydroxyl groups is 1. The molecule has 2 rings (SSSR count). The fraction of sp³-hybridized carbons (Fsp3) is 0.625. The Morgan fingerprint density at radius 2 is 2.16 bits per heavy atom. The molecule has 1 saturated heterocycles. The highest BCUT2D eigenvalue weighted by Crippen LogP contribution is 2.49. The van der Waals surface area contributed by atoms with E-state index in [-0.39, 0.29) is 17.6 Å². The highest BCUT2D eigenvalue weighted by Gasteiger charge is 2.58. The van der Waals surface area contributed by atoms with Crippen molar-refractivity contribution in [1.82, 2.24) is 0 Å². The van der Waals surface area contributed by atoms with E-state index in [0.717, 1.165) is 25.0 Å². The molecule has 2 aliphatic rings. The standard InChI is InChI=1S/C16H24O3/c1-11(2)6-5-7-12(3)14-15(18-4)13(17)8-9-16(14)10-19-16/h5-7,13-15,17H,1,8-10H2,2-4H3. The van der Waals surface area contributed by atoms with Gasteiger partial charge < -0.3 is 14.6 Å². The second-order valence-electron chi connectivity index (χ2n) is 5.75. The number of aliphatic hydroxyl groups excluding tert-OH is 1. The van der Waals surface area contributed by atoms with Crippen molar-refractivity contribution in [3.8, 4) is 0 Å². The Bertz CT molecular complexity index is 404. The summed E-state index contributed by atoms with van der Waals surface area (Å²) in [7, 11) is 1.67. The number of hydrogen-bond acceptors (Lipinski definition) is 3. The molecule has 0 aromatic heterocycles. The Kier molecular flexibility index (Phi) is 4.29. The first-order valence-electron chi connectivity index (χ1n) is 6.85. The molecule has 1 N–H and O–H groups in total. The van der Waals surface area contributed by atoms with Gasteiger partial charge >= 0.3 is 0 Å². The van der Waals surface area contributed by atoms with Crippen molar-refractivity contribution in [2.75, 3.05) is 13.7 Å². The summed E-state index contributed by atoms with van der Waals surface area (Å²) in [5, 5.41) is 10.1. The van der Waals surface area contributed by atoms with E-state index in [1.165, 1.54) is 5.57 Å². The van der Waals surface area contributed by atoms with E-state index in [0.29, 0.717) is 0 Å². The number of epoxide rings is 1. The van der Waals surface area contributed by atoms with Crippen LogP contribution in [0.4, 0.5) is 0 Å². The first-order chi connectivity index (χ1) is 9.00. The molecule has 19 heavy (non-hydrogen) atoms. The minimum absolute atomic E-state index is 0.0996. The molecule has 1 aliphatic heterocycles. The van der Waals surface area contributed by atoms with Crippen molar-refractivity contribution in [2.24, 2.45) is 5.92 Å². The number of methoxy groups -OCH3 is 1. The van der Waals surface area contributed by atoms with Crippen LogP contribution in [-0.2, 0) is 9.47 Å². The molecule has 4 unspecified atom stereocenters. The van der Waals surface area contributed by atoms with Crippen molar-refractivity contribution in [2.45, 2.75) is 44.5 Å². The predicted octanol–water partition coefficient (Wildman–Crippen LogP) is 2.62. The Morgan fingerprint density at radius 3 is 2.68 bits per heavy atom. The summed E-state index contributed by atoms with van der Waals surface area (Å²) in [6.45, 7) is 8.67. The molecule has 1 saturated carbocycles. The zero-order valence-corrected chi connectivity index (χ0v) is 12.1. The quantitative estimate of drug-likeness (QED) is 0.627. The monoisotopic (exact) mass is 264 g/mol. The molecule has 2 fully saturated rings. The topological polar surface area (TPSA) is 42.0 Å². The first kappa shape index (κ1) is 14.5. The summed E-state index contributed by atoms with van der Waals surface area (Å²) in [4.78, 5) is 0. The third kappa shape index (κ3) is 2.99. The molecular weight excluding hydrogens is 240 g/mol.